The van der Waals surface area contributed by atoms with Gasteiger partial charge in [-0.3, -0.25) is 0 Å². The van der Waals surface area contributed by atoms with Crippen LogP contribution in [-0.4, -0.2) is 23.3 Å². The van der Waals surface area contributed by atoms with Crippen molar-refractivity contribution in [3.63, 3.8) is 0 Å². The van der Waals surface area contributed by atoms with Gasteiger partial charge < -0.3 is 10.6 Å². The molecule has 0 aliphatic carbocycles. The van der Waals surface area contributed by atoms with Gasteiger partial charge in [-0.2, -0.15) is 0 Å². The second-order valence-electron chi connectivity index (χ2n) is 5.17. The zero-order valence-electron chi connectivity index (χ0n) is 13.2. The average Bonchev–Trinajstić information content (AvgIpc) is 2.49. The highest BCUT2D eigenvalue weighted by molar-refractivity contribution is 7.98. The number of nitrogens with one attached hydrogen (secondary N) is 2. The predicted octanol–water partition coefficient (Wildman–Crippen LogP) is 4.42. The molecule has 0 aliphatic heterocycles. The van der Waals surface area contributed by atoms with Gasteiger partial charge in [0.2, 0.25) is 0 Å². The summed E-state index contributed by atoms with van der Waals surface area (Å²) in [5.74, 6) is 2.86. The molecule has 0 bridgehead atoms. The topological polar surface area (TPSA) is 49.8 Å². The molecule has 1 aromatic carbocycles. The number of anilines is 3. The van der Waals surface area contributed by atoms with E-state index >= 15 is 0 Å². The first-order chi connectivity index (χ1) is 10.0. The summed E-state index contributed by atoms with van der Waals surface area (Å²) in [4.78, 5) is 10.4. The number of nitrogens with zero attached hydrogens (tertiary/aromatic N) is 2. The Morgan fingerprint density at radius 3 is 2.48 bits per heavy atom. The van der Waals surface area contributed by atoms with Crippen molar-refractivity contribution in [3.05, 3.63) is 35.7 Å². The first-order valence-electron chi connectivity index (χ1n) is 7.02. The minimum Gasteiger partial charge on any atom is -0.373 e. The van der Waals surface area contributed by atoms with Crippen molar-refractivity contribution in [2.75, 3.05) is 23.9 Å². The maximum Gasteiger partial charge on any atom is 0.139 e. The number of aromatic nitrogens is 2. The van der Waals surface area contributed by atoms with Gasteiger partial charge in [0.25, 0.3) is 0 Å². The monoisotopic (exact) mass is 302 g/mol. The van der Waals surface area contributed by atoms with E-state index < -0.39 is 0 Å². The molecular formula is C16H22N4S. The van der Waals surface area contributed by atoms with Gasteiger partial charge in [-0.25, -0.2) is 9.97 Å². The Morgan fingerprint density at radius 2 is 1.86 bits per heavy atom. The zero-order chi connectivity index (χ0) is 15.4. The molecule has 112 valence electrons. The Bertz CT molecular complexity index is 626. The predicted molar refractivity (Wildman–Crippen MR) is 91.9 cm³/mol. The van der Waals surface area contributed by atoms with Crippen molar-refractivity contribution < 1.29 is 0 Å². The van der Waals surface area contributed by atoms with Crippen molar-refractivity contribution in [1.82, 2.24) is 9.97 Å². The van der Waals surface area contributed by atoms with Crippen molar-refractivity contribution in [2.45, 2.75) is 31.6 Å². The van der Waals surface area contributed by atoms with Crippen LogP contribution in [0.4, 0.5) is 17.3 Å². The Balaban J connectivity index is 2.40. The molecule has 2 N–H and O–H groups in total. The van der Waals surface area contributed by atoms with Crippen molar-refractivity contribution in [3.8, 4) is 0 Å². The number of thioether (sulfide) groups is 1. The summed E-state index contributed by atoms with van der Waals surface area (Å²) in [6.45, 7) is 6.22. The molecule has 2 aromatic rings. The van der Waals surface area contributed by atoms with E-state index in [0.29, 0.717) is 0 Å². The van der Waals surface area contributed by atoms with Crippen LogP contribution in [0.2, 0.25) is 0 Å². The van der Waals surface area contributed by atoms with Gasteiger partial charge in [0, 0.05) is 29.1 Å². The van der Waals surface area contributed by atoms with Gasteiger partial charge in [0.05, 0.1) is 0 Å². The maximum atomic E-state index is 4.66. The van der Waals surface area contributed by atoms with E-state index in [1.807, 2.05) is 20.0 Å². The summed E-state index contributed by atoms with van der Waals surface area (Å²) < 4.78 is 0. The SMILES string of the molecule is CNc1nc(C(C)C)nc(Nc2cccc(SC)c2)c1C. The fourth-order valence-corrected chi connectivity index (χ4v) is 2.45. The average molecular weight is 302 g/mol. The summed E-state index contributed by atoms with van der Waals surface area (Å²) in [5, 5.41) is 6.56. The van der Waals surface area contributed by atoms with Crippen LogP contribution in [-0.2, 0) is 0 Å². The smallest absolute Gasteiger partial charge is 0.139 e. The van der Waals surface area contributed by atoms with E-state index in [1.54, 1.807) is 11.8 Å². The number of hydrogen-bond donors (Lipinski definition) is 2. The van der Waals surface area contributed by atoms with Crippen LogP contribution in [0.25, 0.3) is 0 Å². The van der Waals surface area contributed by atoms with E-state index in [-0.39, 0.29) is 5.92 Å². The van der Waals surface area contributed by atoms with Crippen molar-refractivity contribution in [2.24, 2.45) is 0 Å². The molecule has 5 heteroatoms. The Kier molecular flexibility index (Phi) is 5.07. The van der Waals surface area contributed by atoms with E-state index in [4.69, 9.17) is 0 Å². The third-order valence-corrected chi connectivity index (χ3v) is 3.97. The van der Waals surface area contributed by atoms with Crippen LogP contribution in [0, 0.1) is 6.92 Å². The number of rotatable bonds is 5. The second kappa shape index (κ2) is 6.80. The zero-order valence-corrected chi connectivity index (χ0v) is 14.0. The lowest BCUT2D eigenvalue weighted by atomic mass is 10.2. The fraction of sp³-hybridized carbons (Fsp3) is 0.375. The molecule has 0 unspecified atom stereocenters. The molecule has 1 aromatic heterocycles. The molecule has 0 radical (unpaired) electrons. The molecule has 1 heterocycles. The highest BCUT2D eigenvalue weighted by atomic mass is 32.2. The van der Waals surface area contributed by atoms with Crippen LogP contribution in [0.1, 0.15) is 31.2 Å². The molecule has 0 aliphatic rings. The Hall–Kier alpha value is -1.75. The molecule has 0 atom stereocenters. The van der Waals surface area contributed by atoms with Gasteiger partial charge in [-0.1, -0.05) is 19.9 Å². The van der Waals surface area contributed by atoms with Crippen LogP contribution in [0.5, 0.6) is 0 Å². The number of hydrogen-bond acceptors (Lipinski definition) is 5. The van der Waals surface area contributed by atoms with Crippen LogP contribution >= 0.6 is 11.8 Å². The molecule has 0 amide bonds. The van der Waals surface area contributed by atoms with Gasteiger partial charge >= 0.3 is 0 Å². The molecular weight excluding hydrogens is 280 g/mol. The third kappa shape index (κ3) is 3.67. The molecule has 0 spiro atoms. The second-order valence-corrected chi connectivity index (χ2v) is 6.05. The fourth-order valence-electron chi connectivity index (χ4n) is 1.99. The summed E-state index contributed by atoms with van der Waals surface area (Å²) in [7, 11) is 1.89. The summed E-state index contributed by atoms with van der Waals surface area (Å²) in [6.07, 6.45) is 2.07. The normalized spacial score (nSPS) is 10.8. The third-order valence-electron chi connectivity index (χ3n) is 3.25. The van der Waals surface area contributed by atoms with Crippen LogP contribution < -0.4 is 10.6 Å². The lowest BCUT2D eigenvalue weighted by molar-refractivity contribution is 0.775. The first kappa shape index (κ1) is 15.6. The standard InChI is InChI=1S/C16H22N4S/c1-10(2)14-19-15(17-4)11(3)16(20-14)18-12-7-6-8-13(9-12)21-5/h6-10H,1-5H3,(H2,17,18,19,20). The molecule has 21 heavy (non-hydrogen) atoms. The first-order valence-corrected chi connectivity index (χ1v) is 8.25. The molecule has 2 rings (SSSR count). The van der Waals surface area contributed by atoms with Crippen molar-refractivity contribution in [1.29, 1.82) is 0 Å². The van der Waals surface area contributed by atoms with Crippen LogP contribution in [0.3, 0.4) is 0 Å². The van der Waals surface area contributed by atoms with Gasteiger partial charge in [0.15, 0.2) is 0 Å². The highest BCUT2D eigenvalue weighted by Crippen LogP contribution is 2.27. The molecule has 0 saturated heterocycles. The van der Waals surface area contributed by atoms with E-state index in [2.05, 4.69) is 58.9 Å². The van der Waals surface area contributed by atoms with E-state index in [1.165, 1.54) is 4.90 Å². The maximum absolute atomic E-state index is 4.66. The summed E-state index contributed by atoms with van der Waals surface area (Å²) in [5.41, 5.74) is 2.07. The van der Waals surface area contributed by atoms with Gasteiger partial charge in [-0.15, -0.1) is 11.8 Å². The Morgan fingerprint density at radius 1 is 1.14 bits per heavy atom. The number of benzene rings is 1. The highest BCUT2D eigenvalue weighted by Gasteiger charge is 2.12. The lowest BCUT2D eigenvalue weighted by Crippen LogP contribution is -2.08. The molecule has 4 nitrogen and oxygen atoms in total. The van der Waals surface area contributed by atoms with Gasteiger partial charge in [0.1, 0.15) is 17.5 Å². The summed E-state index contributed by atoms with van der Waals surface area (Å²) >= 11 is 1.73. The molecule has 0 fully saturated rings. The lowest BCUT2D eigenvalue weighted by Gasteiger charge is -2.15. The van der Waals surface area contributed by atoms with E-state index in [0.717, 1.165) is 28.7 Å². The quantitative estimate of drug-likeness (QED) is 0.801. The Labute approximate surface area is 130 Å². The van der Waals surface area contributed by atoms with Gasteiger partial charge in [-0.05, 0) is 31.4 Å². The molecule has 0 saturated carbocycles. The van der Waals surface area contributed by atoms with E-state index in [9.17, 15) is 0 Å². The summed E-state index contributed by atoms with van der Waals surface area (Å²) in [6, 6.07) is 8.32. The van der Waals surface area contributed by atoms with Crippen LogP contribution in [0.15, 0.2) is 29.2 Å². The minimum atomic E-state index is 0.288. The minimum absolute atomic E-state index is 0.288. The van der Waals surface area contributed by atoms with Crippen molar-refractivity contribution >= 4 is 29.1 Å². The largest absolute Gasteiger partial charge is 0.373 e.